The van der Waals surface area contributed by atoms with E-state index < -0.39 is 10.0 Å². The largest absolute Gasteiger partial charge is 0.342 e. The van der Waals surface area contributed by atoms with Crippen LogP contribution in [0.25, 0.3) is 11.0 Å². The maximum absolute atomic E-state index is 12.2. The lowest BCUT2D eigenvalue weighted by molar-refractivity contribution is 0.601. The highest BCUT2D eigenvalue weighted by Gasteiger charge is 2.15. The summed E-state index contributed by atoms with van der Waals surface area (Å²) in [5.41, 5.74) is 1.99. The highest BCUT2D eigenvalue weighted by atomic mass is 35.5. The third-order valence-corrected chi connectivity index (χ3v) is 4.45. The third-order valence-electron chi connectivity index (χ3n) is 2.86. The van der Waals surface area contributed by atoms with Crippen molar-refractivity contribution in [3.8, 4) is 0 Å². The molecule has 0 aliphatic heterocycles. The molecule has 0 spiro atoms. The summed E-state index contributed by atoms with van der Waals surface area (Å²) >= 11 is 5.65. The molecule has 2 aromatic heterocycles. The van der Waals surface area contributed by atoms with Crippen molar-refractivity contribution in [2.45, 2.75) is 11.8 Å². The maximum atomic E-state index is 12.2. The van der Waals surface area contributed by atoms with Crippen molar-refractivity contribution in [3.63, 3.8) is 0 Å². The summed E-state index contributed by atoms with van der Waals surface area (Å²) in [5, 5.41) is 0.239. The van der Waals surface area contributed by atoms with Gasteiger partial charge in [0, 0.05) is 6.20 Å². The van der Waals surface area contributed by atoms with E-state index in [1.54, 1.807) is 18.2 Å². The fourth-order valence-corrected chi connectivity index (χ4v) is 3.04. The Morgan fingerprint density at radius 3 is 2.76 bits per heavy atom. The highest BCUT2D eigenvalue weighted by Crippen LogP contribution is 2.20. The summed E-state index contributed by atoms with van der Waals surface area (Å²) in [5.74, 6) is 0.770. The number of hydrogen-bond acceptors (Lipinski definition) is 4. The second kappa shape index (κ2) is 5.01. The zero-order chi connectivity index (χ0) is 15.0. The van der Waals surface area contributed by atoms with Crippen LogP contribution in [-0.4, -0.2) is 23.4 Å². The number of imidazole rings is 1. The van der Waals surface area contributed by atoms with E-state index >= 15 is 0 Å². The second-order valence-corrected chi connectivity index (χ2v) is 6.55. The number of anilines is 1. The number of fused-ring (bicyclic) bond motifs is 1. The molecular weight excluding hydrogens is 312 g/mol. The molecule has 3 rings (SSSR count). The highest BCUT2D eigenvalue weighted by molar-refractivity contribution is 7.92. The number of halogens is 1. The van der Waals surface area contributed by atoms with Crippen LogP contribution in [0.5, 0.6) is 0 Å². The van der Waals surface area contributed by atoms with Crippen LogP contribution in [0.4, 0.5) is 5.69 Å². The molecule has 8 heteroatoms. The van der Waals surface area contributed by atoms with Crippen LogP contribution >= 0.6 is 11.6 Å². The molecule has 108 valence electrons. The molecule has 0 radical (unpaired) electrons. The number of aromatic amines is 1. The number of benzene rings is 1. The van der Waals surface area contributed by atoms with Gasteiger partial charge in [-0.25, -0.2) is 18.4 Å². The molecule has 6 nitrogen and oxygen atoms in total. The van der Waals surface area contributed by atoms with E-state index in [1.165, 1.54) is 18.3 Å². The first-order valence-electron chi connectivity index (χ1n) is 6.05. The lowest BCUT2D eigenvalue weighted by atomic mass is 10.3. The van der Waals surface area contributed by atoms with Crippen LogP contribution in [-0.2, 0) is 10.0 Å². The van der Waals surface area contributed by atoms with Crippen LogP contribution in [0.1, 0.15) is 5.82 Å². The SMILES string of the molecule is Cc1nc2ccc(NS(=O)(=O)c3ccc(Cl)nc3)cc2[nH]1. The molecule has 0 amide bonds. The number of pyridine rings is 1. The molecule has 0 saturated carbocycles. The number of rotatable bonds is 3. The Morgan fingerprint density at radius 2 is 2.05 bits per heavy atom. The molecule has 0 saturated heterocycles. The van der Waals surface area contributed by atoms with Crippen molar-refractivity contribution >= 4 is 38.3 Å². The predicted molar refractivity (Wildman–Crippen MR) is 80.9 cm³/mol. The van der Waals surface area contributed by atoms with Crippen LogP contribution in [0, 0.1) is 6.92 Å². The van der Waals surface area contributed by atoms with E-state index in [-0.39, 0.29) is 10.0 Å². The molecule has 0 aliphatic rings. The van der Waals surface area contributed by atoms with E-state index in [0.717, 1.165) is 16.9 Å². The first kappa shape index (κ1) is 13.8. The van der Waals surface area contributed by atoms with Gasteiger partial charge in [-0.05, 0) is 37.3 Å². The van der Waals surface area contributed by atoms with Gasteiger partial charge >= 0.3 is 0 Å². The Morgan fingerprint density at radius 1 is 1.24 bits per heavy atom. The molecule has 21 heavy (non-hydrogen) atoms. The molecule has 0 aliphatic carbocycles. The van der Waals surface area contributed by atoms with Gasteiger partial charge in [0.1, 0.15) is 15.9 Å². The Kier molecular flexibility index (Phi) is 3.30. The number of hydrogen-bond donors (Lipinski definition) is 2. The minimum absolute atomic E-state index is 0.0489. The summed E-state index contributed by atoms with van der Waals surface area (Å²) in [6, 6.07) is 7.92. The van der Waals surface area contributed by atoms with Crippen molar-refractivity contribution in [2.75, 3.05) is 4.72 Å². The molecule has 1 aromatic carbocycles. The lowest BCUT2D eigenvalue weighted by Crippen LogP contribution is -2.13. The van der Waals surface area contributed by atoms with Crippen molar-refractivity contribution in [2.24, 2.45) is 0 Å². The van der Waals surface area contributed by atoms with Crippen LogP contribution in [0.2, 0.25) is 5.15 Å². The minimum atomic E-state index is -3.70. The van der Waals surface area contributed by atoms with Gasteiger partial charge in [-0.15, -0.1) is 0 Å². The number of aryl methyl sites for hydroxylation is 1. The Bertz CT molecular complexity index is 904. The molecule has 2 N–H and O–H groups in total. The average Bonchev–Trinajstić information content (AvgIpc) is 2.78. The Balaban J connectivity index is 1.94. The van der Waals surface area contributed by atoms with E-state index in [9.17, 15) is 8.42 Å². The quantitative estimate of drug-likeness (QED) is 0.726. The summed E-state index contributed by atoms with van der Waals surface area (Å²) < 4.78 is 27.0. The maximum Gasteiger partial charge on any atom is 0.263 e. The Labute approximate surface area is 126 Å². The molecule has 0 fully saturated rings. The topological polar surface area (TPSA) is 87.7 Å². The fraction of sp³-hybridized carbons (Fsp3) is 0.0769. The van der Waals surface area contributed by atoms with Crippen molar-refractivity contribution in [3.05, 3.63) is 47.5 Å². The van der Waals surface area contributed by atoms with Gasteiger partial charge in [-0.1, -0.05) is 11.6 Å². The average molecular weight is 323 g/mol. The van der Waals surface area contributed by atoms with Crippen molar-refractivity contribution in [1.82, 2.24) is 15.0 Å². The second-order valence-electron chi connectivity index (χ2n) is 4.48. The number of aromatic nitrogens is 3. The van der Waals surface area contributed by atoms with E-state index in [0.29, 0.717) is 5.69 Å². The van der Waals surface area contributed by atoms with Crippen LogP contribution in [0.15, 0.2) is 41.4 Å². The first-order chi connectivity index (χ1) is 9.94. The lowest BCUT2D eigenvalue weighted by Gasteiger charge is -2.07. The summed E-state index contributed by atoms with van der Waals surface area (Å²) in [6.07, 6.45) is 1.21. The summed E-state index contributed by atoms with van der Waals surface area (Å²) in [6.45, 7) is 1.84. The van der Waals surface area contributed by atoms with Gasteiger partial charge in [0.05, 0.1) is 16.7 Å². The van der Waals surface area contributed by atoms with E-state index in [2.05, 4.69) is 19.7 Å². The molecule has 3 aromatic rings. The summed E-state index contributed by atoms with van der Waals surface area (Å²) in [7, 11) is -3.70. The van der Waals surface area contributed by atoms with Gasteiger partial charge in [-0.3, -0.25) is 4.72 Å². The molecule has 0 bridgehead atoms. The standard InChI is InChI=1S/C13H11ClN4O2S/c1-8-16-11-4-2-9(6-12(11)17-8)18-21(19,20)10-3-5-13(14)15-7-10/h2-7,18H,1H3,(H,16,17). The van der Waals surface area contributed by atoms with Crippen molar-refractivity contribution < 1.29 is 8.42 Å². The van der Waals surface area contributed by atoms with Gasteiger partial charge < -0.3 is 4.98 Å². The number of H-pyrrole nitrogens is 1. The zero-order valence-electron chi connectivity index (χ0n) is 11.0. The van der Waals surface area contributed by atoms with Gasteiger partial charge in [0.15, 0.2) is 0 Å². The number of sulfonamides is 1. The smallest absolute Gasteiger partial charge is 0.263 e. The molecule has 0 atom stereocenters. The number of nitrogens with zero attached hydrogens (tertiary/aromatic N) is 2. The van der Waals surface area contributed by atoms with E-state index in [4.69, 9.17) is 11.6 Å². The summed E-state index contributed by atoms with van der Waals surface area (Å²) in [4.78, 5) is 11.1. The first-order valence-corrected chi connectivity index (χ1v) is 7.91. The molecular formula is C13H11ClN4O2S. The van der Waals surface area contributed by atoms with Crippen molar-refractivity contribution in [1.29, 1.82) is 0 Å². The van der Waals surface area contributed by atoms with Crippen LogP contribution in [0.3, 0.4) is 0 Å². The van der Waals surface area contributed by atoms with Gasteiger partial charge in [0.25, 0.3) is 10.0 Å². The monoisotopic (exact) mass is 322 g/mol. The molecule has 0 unspecified atom stereocenters. The zero-order valence-corrected chi connectivity index (χ0v) is 12.5. The van der Waals surface area contributed by atoms with Crippen LogP contribution < -0.4 is 4.72 Å². The normalized spacial score (nSPS) is 11.7. The number of nitrogens with one attached hydrogen (secondary N) is 2. The minimum Gasteiger partial charge on any atom is -0.342 e. The fourth-order valence-electron chi connectivity index (χ4n) is 1.94. The van der Waals surface area contributed by atoms with Gasteiger partial charge in [0.2, 0.25) is 0 Å². The third kappa shape index (κ3) is 2.84. The predicted octanol–water partition coefficient (Wildman–Crippen LogP) is 2.72. The Hall–Kier alpha value is -2.12. The van der Waals surface area contributed by atoms with E-state index in [1.807, 2.05) is 6.92 Å². The van der Waals surface area contributed by atoms with Gasteiger partial charge in [-0.2, -0.15) is 0 Å². The molecule has 2 heterocycles.